The van der Waals surface area contributed by atoms with Crippen molar-refractivity contribution in [2.45, 2.75) is 19.0 Å². The molecule has 1 unspecified atom stereocenters. The van der Waals surface area contributed by atoms with Crippen LogP contribution in [-0.2, 0) is 6.54 Å². The number of nitrogens with zero attached hydrogens (tertiary/aromatic N) is 7. The third-order valence-electron chi connectivity index (χ3n) is 10.7. The van der Waals surface area contributed by atoms with Gasteiger partial charge >= 0.3 is 0 Å². The van der Waals surface area contributed by atoms with Crippen LogP contribution in [0.2, 0.25) is 0 Å². The van der Waals surface area contributed by atoms with Crippen molar-refractivity contribution in [1.82, 2.24) is 19.1 Å². The molecule has 9 aromatic rings. The Hall–Kier alpha value is -7.51. The van der Waals surface area contributed by atoms with Gasteiger partial charge in [-0.25, -0.2) is 9.98 Å². The minimum Gasteiger partial charge on any atom is -0.331 e. The summed E-state index contributed by atoms with van der Waals surface area (Å²) in [6.45, 7) is 4.40. The summed E-state index contributed by atoms with van der Waals surface area (Å²) in [5.41, 5.74) is 10.2. The molecule has 0 fully saturated rings. The molecule has 7 heteroatoms. The molecule has 4 heterocycles. The predicted molar refractivity (Wildman–Crippen MR) is 236 cm³/mol. The van der Waals surface area contributed by atoms with Crippen molar-refractivity contribution in [2.24, 2.45) is 15.0 Å². The Balaban J connectivity index is 1.35. The Labute approximate surface area is 330 Å². The van der Waals surface area contributed by atoms with E-state index in [0.29, 0.717) is 18.3 Å². The number of pyridine rings is 2. The van der Waals surface area contributed by atoms with Gasteiger partial charge in [-0.2, -0.15) is 4.99 Å². The van der Waals surface area contributed by atoms with Crippen LogP contribution in [0.15, 0.2) is 197 Å². The average Bonchev–Trinajstić information content (AvgIpc) is 3.80. The van der Waals surface area contributed by atoms with Gasteiger partial charge in [-0.15, -0.1) is 0 Å². The summed E-state index contributed by atoms with van der Waals surface area (Å²) in [7, 11) is 0. The fourth-order valence-electron chi connectivity index (χ4n) is 8.11. The van der Waals surface area contributed by atoms with Crippen LogP contribution in [-0.4, -0.2) is 37.6 Å². The number of aromatic nitrogens is 4. The molecular weight excluding hydrogens is 699 g/mol. The number of allylic oxidation sites excluding steroid dienone is 4. The van der Waals surface area contributed by atoms with Gasteiger partial charge in [-0.1, -0.05) is 121 Å². The Morgan fingerprint density at radius 1 is 0.632 bits per heavy atom. The van der Waals surface area contributed by atoms with Gasteiger partial charge in [0.2, 0.25) is 5.96 Å². The average molecular weight is 736 g/mol. The molecule has 0 radical (unpaired) electrons. The number of aliphatic imine (C=N–C) groups is 3. The van der Waals surface area contributed by atoms with E-state index in [-0.39, 0.29) is 6.04 Å². The monoisotopic (exact) mass is 735 g/mol. The van der Waals surface area contributed by atoms with Crippen LogP contribution < -0.4 is 0 Å². The zero-order valence-corrected chi connectivity index (χ0v) is 31.1. The first-order valence-electron chi connectivity index (χ1n) is 19.2. The van der Waals surface area contributed by atoms with Crippen LogP contribution in [0.1, 0.15) is 23.6 Å². The Morgan fingerprint density at radius 3 is 1.89 bits per heavy atom. The Bertz CT molecular complexity index is 3060. The van der Waals surface area contributed by atoms with Gasteiger partial charge in [0.05, 0.1) is 40.5 Å². The van der Waals surface area contributed by atoms with E-state index in [0.717, 1.165) is 83.7 Å². The van der Waals surface area contributed by atoms with Crippen molar-refractivity contribution < 1.29 is 0 Å². The van der Waals surface area contributed by atoms with Crippen molar-refractivity contribution in [3.05, 3.63) is 193 Å². The summed E-state index contributed by atoms with van der Waals surface area (Å²) in [5.74, 6) is 1.02. The first-order chi connectivity index (χ1) is 28.2. The number of rotatable bonds is 6. The van der Waals surface area contributed by atoms with Gasteiger partial charge in [0, 0.05) is 56.1 Å². The van der Waals surface area contributed by atoms with Gasteiger partial charge < -0.3 is 4.57 Å². The van der Waals surface area contributed by atoms with Gasteiger partial charge in [0.15, 0.2) is 5.84 Å². The number of hydrogen-bond acceptors (Lipinski definition) is 3. The molecule has 272 valence electrons. The summed E-state index contributed by atoms with van der Waals surface area (Å²) in [6, 6.07) is 50.3. The summed E-state index contributed by atoms with van der Waals surface area (Å²) in [6.07, 6.45) is 13.4. The molecule has 0 saturated carbocycles. The van der Waals surface area contributed by atoms with Crippen molar-refractivity contribution in [3.8, 4) is 22.5 Å². The molecule has 5 aromatic carbocycles. The van der Waals surface area contributed by atoms with Gasteiger partial charge in [-0.05, 0) is 67.2 Å². The molecule has 10 rings (SSSR count). The first kappa shape index (κ1) is 34.0. The molecule has 0 N–H and O–H groups in total. The maximum Gasteiger partial charge on any atom is 0.232 e. The minimum absolute atomic E-state index is 0.0831. The fraction of sp³-hybridized carbons (Fsp3) is 0.0600. The maximum absolute atomic E-state index is 5.34. The molecule has 4 aromatic heterocycles. The predicted octanol–water partition coefficient (Wildman–Crippen LogP) is 11.6. The number of benzene rings is 5. The summed E-state index contributed by atoms with van der Waals surface area (Å²) in [5, 5.41) is 4.47. The quantitative estimate of drug-likeness (QED) is 0.126. The lowest BCUT2D eigenvalue weighted by Gasteiger charge is -2.19. The smallest absolute Gasteiger partial charge is 0.232 e. The zero-order valence-electron chi connectivity index (χ0n) is 31.1. The lowest BCUT2D eigenvalue weighted by atomic mass is 10.0. The lowest BCUT2D eigenvalue weighted by molar-refractivity contribution is 0.649. The SMILES string of the molecule is C=N/C(=N\C(=N/Cc1ccccc1)n1c2ccc(-c3ccccn3)cc2c2ccc3c4cc(-c5ccccn5)ccc4n(C4C=CC=CC4)c3c21)c1ccccc1. The summed E-state index contributed by atoms with van der Waals surface area (Å²) < 4.78 is 4.75. The maximum atomic E-state index is 5.34. The van der Waals surface area contributed by atoms with E-state index in [1.807, 2.05) is 85.2 Å². The summed E-state index contributed by atoms with van der Waals surface area (Å²) in [4.78, 5) is 24.5. The van der Waals surface area contributed by atoms with E-state index in [9.17, 15) is 0 Å². The van der Waals surface area contributed by atoms with Crippen LogP contribution in [0.5, 0.6) is 0 Å². The number of hydrogen-bond donors (Lipinski definition) is 0. The van der Waals surface area contributed by atoms with Crippen molar-refractivity contribution in [3.63, 3.8) is 0 Å². The molecule has 1 aliphatic carbocycles. The number of fused-ring (bicyclic) bond motifs is 7. The molecule has 0 amide bonds. The minimum atomic E-state index is 0.0831. The van der Waals surface area contributed by atoms with Crippen LogP contribution in [0.3, 0.4) is 0 Å². The van der Waals surface area contributed by atoms with Crippen LogP contribution in [0.25, 0.3) is 66.1 Å². The number of amidine groups is 1. The third kappa shape index (κ3) is 6.15. The highest BCUT2D eigenvalue weighted by Gasteiger charge is 2.25. The van der Waals surface area contributed by atoms with E-state index in [1.54, 1.807) is 0 Å². The normalized spacial score (nSPS) is 14.6. The highest BCUT2D eigenvalue weighted by molar-refractivity contribution is 6.26. The molecule has 7 nitrogen and oxygen atoms in total. The van der Waals surface area contributed by atoms with E-state index in [4.69, 9.17) is 20.0 Å². The molecule has 0 bridgehead atoms. The molecule has 57 heavy (non-hydrogen) atoms. The Morgan fingerprint density at radius 2 is 1.26 bits per heavy atom. The largest absolute Gasteiger partial charge is 0.331 e. The highest BCUT2D eigenvalue weighted by Crippen LogP contribution is 2.43. The second-order valence-electron chi connectivity index (χ2n) is 14.1. The van der Waals surface area contributed by atoms with Crippen molar-refractivity contribution >= 4 is 62.1 Å². The van der Waals surface area contributed by atoms with Crippen molar-refractivity contribution in [2.75, 3.05) is 0 Å². The zero-order chi connectivity index (χ0) is 38.1. The lowest BCUT2D eigenvalue weighted by Crippen LogP contribution is -2.14. The van der Waals surface area contributed by atoms with E-state index >= 15 is 0 Å². The fourth-order valence-corrected chi connectivity index (χ4v) is 8.11. The summed E-state index contributed by atoms with van der Waals surface area (Å²) >= 11 is 0. The van der Waals surface area contributed by atoms with Crippen LogP contribution >= 0.6 is 0 Å². The van der Waals surface area contributed by atoms with Gasteiger partial charge in [-0.3, -0.25) is 14.5 Å². The second kappa shape index (κ2) is 14.6. The molecule has 1 aliphatic rings. The van der Waals surface area contributed by atoms with Crippen molar-refractivity contribution in [1.29, 1.82) is 0 Å². The molecule has 1 atom stereocenters. The standard InChI is InChI=1S/C50H37N7/c1-51-49(35-17-7-3-8-18-35)55-50(54-33-34-15-5-2-6-16-34)57-46-28-24-37(44-22-12-14-30-53-44)32-42(46)40-26-25-39-41-31-36(43-21-11-13-29-52-43)23-27-45(41)56(47(39)48(40)57)38-19-9-4-10-20-38/h2-19,21-32,38H,1,20,33H2/b54-50+,55-49-. The van der Waals surface area contributed by atoms with E-state index in [2.05, 4.69) is 118 Å². The van der Waals surface area contributed by atoms with Gasteiger partial charge in [0.25, 0.3) is 0 Å². The second-order valence-corrected chi connectivity index (χ2v) is 14.1. The third-order valence-corrected chi connectivity index (χ3v) is 10.7. The van der Waals surface area contributed by atoms with E-state index in [1.165, 1.54) is 0 Å². The highest BCUT2D eigenvalue weighted by atomic mass is 15.2. The van der Waals surface area contributed by atoms with E-state index < -0.39 is 0 Å². The first-order valence-corrected chi connectivity index (χ1v) is 19.2. The molecular formula is C50H37N7. The molecule has 0 spiro atoms. The van der Waals surface area contributed by atoms with Gasteiger partial charge in [0.1, 0.15) is 0 Å². The molecule has 0 aliphatic heterocycles. The topological polar surface area (TPSA) is 72.7 Å². The Kier molecular flexibility index (Phi) is 8.72. The molecule has 0 saturated heterocycles. The van der Waals surface area contributed by atoms with Crippen LogP contribution in [0.4, 0.5) is 0 Å². The van der Waals surface area contributed by atoms with Crippen LogP contribution in [0, 0.1) is 0 Å².